The van der Waals surface area contributed by atoms with Crippen LogP contribution in [0, 0.1) is 0 Å². The smallest absolute Gasteiger partial charge is 0.305 e. The predicted octanol–water partition coefficient (Wildman–Crippen LogP) is 2.97. The van der Waals surface area contributed by atoms with Crippen LogP contribution in [-0.4, -0.2) is 38.4 Å². The standard InChI is InChI=1S/C16H19N3O3S2/c1-16(2,3)24-11-6-4-10(5-7-11)9-17-19-15-18-14(22)12(23-15)8-13(20)21/h4-7,9,12H,8H2,1-3H3,(H,20,21)(H,18,19,22)/b17-9+. The molecule has 1 amide bonds. The van der Waals surface area contributed by atoms with Crippen LogP contribution in [0.5, 0.6) is 0 Å². The van der Waals surface area contributed by atoms with Crippen LogP contribution in [0.4, 0.5) is 0 Å². The van der Waals surface area contributed by atoms with Gasteiger partial charge >= 0.3 is 5.97 Å². The lowest BCUT2D eigenvalue weighted by molar-refractivity contribution is -0.138. The number of rotatable bonds is 5. The lowest BCUT2D eigenvalue weighted by Crippen LogP contribution is -2.26. The molecule has 8 heteroatoms. The minimum atomic E-state index is -1.01. The van der Waals surface area contributed by atoms with Crippen LogP contribution in [0.3, 0.4) is 0 Å². The highest BCUT2D eigenvalue weighted by Crippen LogP contribution is 2.31. The van der Waals surface area contributed by atoms with Crippen molar-refractivity contribution in [1.82, 2.24) is 5.32 Å². The average Bonchev–Trinajstić information content (AvgIpc) is 2.79. The number of amidine groups is 1. The summed E-state index contributed by atoms with van der Waals surface area (Å²) in [5, 5.41) is 18.8. The summed E-state index contributed by atoms with van der Waals surface area (Å²) in [5.41, 5.74) is 0.897. The molecule has 0 aromatic heterocycles. The van der Waals surface area contributed by atoms with E-state index in [1.807, 2.05) is 24.3 Å². The summed E-state index contributed by atoms with van der Waals surface area (Å²) >= 11 is 2.87. The minimum absolute atomic E-state index is 0.159. The molecule has 0 aliphatic carbocycles. The third-order valence-corrected chi connectivity index (χ3v) is 4.99. The highest BCUT2D eigenvalue weighted by atomic mass is 32.2. The number of carboxylic acid groups (broad SMARTS) is 1. The van der Waals surface area contributed by atoms with Crippen LogP contribution >= 0.6 is 23.5 Å². The van der Waals surface area contributed by atoms with Crippen molar-refractivity contribution < 1.29 is 14.7 Å². The van der Waals surface area contributed by atoms with Gasteiger partial charge in [-0.15, -0.1) is 16.9 Å². The van der Waals surface area contributed by atoms with Crippen molar-refractivity contribution in [2.24, 2.45) is 10.2 Å². The molecule has 24 heavy (non-hydrogen) atoms. The number of hydrogen-bond acceptors (Lipinski definition) is 6. The fraction of sp³-hybridized carbons (Fsp3) is 0.375. The molecule has 1 fully saturated rings. The summed E-state index contributed by atoms with van der Waals surface area (Å²) in [7, 11) is 0. The fourth-order valence-electron chi connectivity index (χ4n) is 1.87. The average molecular weight is 365 g/mol. The second kappa shape index (κ2) is 7.85. The number of nitrogens with one attached hydrogen (secondary N) is 1. The maximum Gasteiger partial charge on any atom is 0.305 e. The van der Waals surface area contributed by atoms with Crippen molar-refractivity contribution in [3.63, 3.8) is 0 Å². The molecule has 0 bridgehead atoms. The van der Waals surface area contributed by atoms with Gasteiger partial charge in [0, 0.05) is 9.64 Å². The lowest BCUT2D eigenvalue weighted by Gasteiger charge is -2.17. The van der Waals surface area contributed by atoms with Crippen molar-refractivity contribution in [3.05, 3.63) is 29.8 Å². The van der Waals surface area contributed by atoms with Gasteiger partial charge in [0.1, 0.15) is 5.25 Å². The van der Waals surface area contributed by atoms with Crippen molar-refractivity contribution in [2.75, 3.05) is 0 Å². The van der Waals surface area contributed by atoms with E-state index in [1.54, 1.807) is 18.0 Å². The minimum Gasteiger partial charge on any atom is -0.481 e. The van der Waals surface area contributed by atoms with E-state index in [4.69, 9.17) is 5.11 Å². The first-order valence-electron chi connectivity index (χ1n) is 7.32. The van der Waals surface area contributed by atoms with Crippen LogP contribution in [0.15, 0.2) is 39.4 Å². The Morgan fingerprint density at radius 2 is 2.04 bits per heavy atom. The molecule has 1 atom stereocenters. The molecule has 2 N–H and O–H groups in total. The summed E-state index contributed by atoms with van der Waals surface area (Å²) in [4.78, 5) is 23.4. The Bertz CT molecular complexity index is 679. The molecule has 1 heterocycles. The monoisotopic (exact) mass is 365 g/mol. The first-order chi connectivity index (χ1) is 11.2. The zero-order valence-electron chi connectivity index (χ0n) is 13.6. The Hall–Kier alpha value is -1.80. The number of hydrogen-bond donors (Lipinski definition) is 2. The Balaban J connectivity index is 1.94. The van der Waals surface area contributed by atoms with Crippen molar-refractivity contribution in [1.29, 1.82) is 0 Å². The van der Waals surface area contributed by atoms with Gasteiger partial charge in [0.15, 0.2) is 5.17 Å². The number of thioether (sulfide) groups is 2. The van der Waals surface area contributed by atoms with Crippen molar-refractivity contribution in [2.45, 2.75) is 42.1 Å². The van der Waals surface area contributed by atoms with Crippen LogP contribution in [0.1, 0.15) is 32.8 Å². The van der Waals surface area contributed by atoms with Crippen LogP contribution < -0.4 is 5.32 Å². The molecule has 1 saturated heterocycles. The van der Waals surface area contributed by atoms with E-state index >= 15 is 0 Å². The molecule has 0 radical (unpaired) electrons. The van der Waals surface area contributed by atoms with Gasteiger partial charge in [-0.1, -0.05) is 44.7 Å². The number of aliphatic carboxylic acids is 1. The lowest BCUT2D eigenvalue weighted by atomic mass is 10.2. The summed E-state index contributed by atoms with van der Waals surface area (Å²) in [5.74, 6) is -1.36. The van der Waals surface area contributed by atoms with E-state index in [2.05, 4.69) is 36.3 Å². The topological polar surface area (TPSA) is 91.1 Å². The highest BCUT2D eigenvalue weighted by molar-refractivity contribution is 8.15. The molecule has 0 spiro atoms. The molecule has 128 valence electrons. The first kappa shape index (κ1) is 18.5. The van der Waals surface area contributed by atoms with Gasteiger partial charge in [0.25, 0.3) is 0 Å². The van der Waals surface area contributed by atoms with Crippen LogP contribution in [0.2, 0.25) is 0 Å². The first-order valence-corrected chi connectivity index (χ1v) is 9.02. The maximum absolute atomic E-state index is 11.6. The molecular weight excluding hydrogens is 346 g/mol. The maximum atomic E-state index is 11.6. The molecule has 1 aliphatic heterocycles. The zero-order chi connectivity index (χ0) is 17.7. The van der Waals surface area contributed by atoms with E-state index < -0.39 is 11.2 Å². The van der Waals surface area contributed by atoms with Gasteiger partial charge in [0.2, 0.25) is 5.91 Å². The molecule has 1 aromatic carbocycles. The van der Waals surface area contributed by atoms with E-state index in [0.717, 1.165) is 17.3 Å². The number of nitrogens with zero attached hydrogens (tertiary/aromatic N) is 2. The predicted molar refractivity (Wildman–Crippen MR) is 98.9 cm³/mol. The van der Waals surface area contributed by atoms with E-state index in [-0.39, 0.29) is 17.1 Å². The summed E-state index contributed by atoms with van der Waals surface area (Å²) in [6.45, 7) is 6.48. The Kier molecular flexibility index (Phi) is 6.06. The van der Waals surface area contributed by atoms with Crippen LogP contribution in [-0.2, 0) is 9.59 Å². The fourth-order valence-corrected chi connectivity index (χ4v) is 3.76. The Morgan fingerprint density at radius 3 is 2.62 bits per heavy atom. The molecule has 6 nitrogen and oxygen atoms in total. The molecule has 1 aliphatic rings. The van der Waals surface area contributed by atoms with Gasteiger partial charge in [-0.2, -0.15) is 5.10 Å². The largest absolute Gasteiger partial charge is 0.481 e. The molecule has 2 rings (SSSR count). The number of carboxylic acids is 1. The zero-order valence-corrected chi connectivity index (χ0v) is 15.3. The molecule has 1 unspecified atom stereocenters. The van der Waals surface area contributed by atoms with E-state index in [1.165, 1.54) is 4.90 Å². The van der Waals surface area contributed by atoms with Gasteiger partial charge in [-0.05, 0) is 17.7 Å². The van der Waals surface area contributed by atoms with E-state index in [9.17, 15) is 9.59 Å². The van der Waals surface area contributed by atoms with Crippen LogP contribution in [0.25, 0.3) is 0 Å². The third kappa shape index (κ3) is 6.01. The summed E-state index contributed by atoms with van der Waals surface area (Å²) in [6.07, 6.45) is 1.36. The Labute approximate surface area is 149 Å². The van der Waals surface area contributed by atoms with Gasteiger partial charge in [-0.25, -0.2) is 0 Å². The summed E-state index contributed by atoms with van der Waals surface area (Å²) in [6, 6.07) is 7.95. The van der Waals surface area contributed by atoms with E-state index in [0.29, 0.717) is 5.17 Å². The highest BCUT2D eigenvalue weighted by Gasteiger charge is 2.32. The number of amides is 1. The third-order valence-electron chi connectivity index (χ3n) is 2.80. The molecule has 0 saturated carbocycles. The van der Waals surface area contributed by atoms with Gasteiger partial charge < -0.3 is 10.4 Å². The van der Waals surface area contributed by atoms with Gasteiger partial charge in [-0.3, -0.25) is 9.59 Å². The quantitative estimate of drug-likeness (QED) is 0.475. The molecular formula is C16H19N3O3S2. The van der Waals surface area contributed by atoms with Crippen molar-refractivity contribution in [3.8, 4) is 0 Å². The number of benzene rings is 1. The number of carbonyl (C=O) groups excluding carboxylic acids is 1. The molecule has 1 aromatic rings. The van der Waals surface area contributed by atoms with Gasteiger partial charge in [0.05, 0.1) is 12.6 Å². The SMILES string of the molecule is CC(C)(C)Sc1ccc(/C=N/N=C2\NC(=O)C(CC(=O)O)S2)cc1. The second-order valence-electron chi connectivity index (χ2n) is 6.13. The Morgan fingerprint density at radius 1 is 1.38 bits per heavy atom. The summed E-state index contributed by atoms with van der Waals surface area (Å²) < 4.78 is 0.159. The second-order valence-corrected chi connectivity index (χ2v) is 9.22. The number of carbonyl (C=O) groups is 2. The normalized spacial score (nSPS) is 19.9. The van der Waals surface area contributed by atoms with Crippen molar-refractivity contribution >= 4 is 46.8 Å².